The molecule has 1 unspecified atom stereocenters. The van der Waals surface area contributed by atoms with Crippen LogP contribution < -0.4 is 5.32 Å². The highest BCUT2D eigenvalue weighted by Crippen LogP contribution is 2.05. The molecule has 0 saturated heterocycles. The van der Waals surface area contributed by atoms with Gasteiger partial charge in [0.25, 0.3) is 0 Å². The summed E-state index contributed by atoms with van der Waals surface area (Å²) >= 11 is 0. The highest BCUT2D eigenvalue weighted by Gasteiger charge is 2.06. The molecule has 0 radical (unpaired) electrons. The Morgan fingerprint density at radius 2 is 1.94 bits per heavy atom. The molecule has 0 bridgehead atoms. The van der Waals surface area contributed by atoms with Crippen molar-refractivity contribution in [2.45, 2.75) is 25.5 Å². The van der Waals surface area contributed by atoms with Gasteiger partial charge in [-0.05, 0) is 31.0 Å². The summed E-state index contributed by atoms with van der Waals surface area (Å²) in [7, 11) is 0. The number of rotatable bonds is 6. The van der Waals surface area contributed by atoms with Crippen molar-refractivity contribution in [1.82, 2.24) is 5.32 Å². The summed E-state index contributed by atoms with van der Waals surface area (Å²) in [6, 6.07) is 6.54. The number of aliphatic hydroxyl groups is 2. The van der Waals surface area contributed by atoms with E-state index in [-0.39, 0.29) is 18.5 Å². The van der Waals surface area contributed by atoms with Gasteiger partial charge in [-0.15, -0.1) is 0 Å². The van der Waals surface area contributed by atoms with Crippen molar-refractivity contribution in [2.75, 3.05) is 13.2 Å². The lowest BCUT2D eigenvalue weighted by molar-refractivity contribution is 0.0924. The van der Waals surface area contributed by atoms with E-state index in [1.807, 2.05) is 6.92 Å². The normalized spacial score (nSPS) is 14.8. The molecule has 1 rings (SSSR count). The molecule has 3 nitrogen and oxygen atoms in total. The summed E-state index contributed by atoms with van der Waals surface area (Å²) in [4.78, 5) is 0. The van der Waals surface area contributed by atoms with Gasteiger partial charge in [-0.1, -0.05) is 12.1 Å². The van der Waals surface area contributed by atoms with Gasteiger partial charge in [-0.2, -0.15) is 0 Å². The fourth-order valence-electron chi connectivity index (χ4n) is 1.45. The van der Waals surface area contributed by atoms with Crippen molar-refractivity contribution in [3.63, 3.8) is 0 Å². The lowest BCUT2D eigenvalue weighted by Gasteiger charge is -2.15. The van der Waals surface area contributed by atoms with E-state index in [4.69, 9.17) is 10.2 Å². The first kappa shape index (κ1) is 13.1. The van der Waals surface area contributed by atoms with Crippen LogP contribution in [0.15, 0.2) is 24.3 Å². The summed E-state index contributed by atoms with van der Waals surface area (Å²) in [5.74, 6) is -0.236. The SMILES string of the molecule is CC(Cc1ccc(F)cc1)NC[C@H](O)CO. The first-order valence-corrected chi connectivity index (χ1v) is 5.38. The van der Waals surface area contributed by atoms with Gasteiger partial charge < -0.3 is 15.5 Å². The second-order valence-electron chi connectivity index (χ2n) is 3.98. The summed E-state index contributed by atoms with van der Waals surface area (Å²) < 4.78 is 12.6. The predicted molar refractivity (Wildman–Crippen MR) is 60.7 cm³/mol. The molecule has 0 aliphatic heterocycles. The maximum Gasteiger partial charge on any atom is 0.123 e. The van der Waals surface area contributed by atoms with Gasteiger partial charge in [0.2, 0.25) is 0 Å². The molecule has 0 aliphatic rings. The van der Waals surface area contributed by atoms with Crippen LogP contribution >= 0.6 is 0 Å². The van der Waals surface area contributed by atoms with Gasteiger partial charge in [-0.25, -0.2) is 4.39 Å². The van der Waals surface area contributed by atoms with E-state index in [0.717, 1.165) is 12.0 Å². The van der Waals surface area contributed by atoms with Gasteiger partial charge >= 0.3 is 0 Å². The maximum atomic E-state index is 12.6. The van der Waals surface area contributed by atoms with Crippen LogP contribution in [0.3, 0.4) is 0 Å². The maximum absolute atomic E-state index is 12.6. The third-order valence-corrected chi connectivity index (χ3v) is 2.37. The largest absolute Gasteiger partial charge is 0.394 e. The Labute approximate surface area is 94.9 Å². The van der Waals surface area contributed by atoms with Crippen molar-refractivity contribution in [2.24, 2.45) is 0 Å². The van der Waals surface area contributed by atoms with Crippen LogP contribution in [0.2, 0.25) is 0 Å². The van der Waals surface area contributed by atoms with Gasteiger partial charge in [0.1, 0.15) is 5.82 Å². The quantitative estimate of drug-likeness (QED) is 0.670. The second-order valence-corrected chi connectivity index (χ2v) is 3.98. The average Bonchev–Trinajstić information content (AvgIpc) is 2.29. The molecule has 16 heavy (non-hydrogen) atoms. The monoisotopic (exact) mass is 227 g/mol. The molecule has 1 aromatic rings. The zero-order chi connectivity index (χ0) is 12.0. The first-order valence-electron chi connectivity index (χ1n) is 5.38. The van der Waals surface area contributed by atoms with Gasteiger partial charge in [-0.3, -0.25) is 0 Å². The minimum absolute atomic E-state index is 0.173. The van der Waals surface area contributed by atoms with E-state index >= 15 is 0 Å². The lowest BCUT2D eigenvalue weighted by Crippen LogP contribution is -2.36. The molecule has 2 atom stereocenters. The number of nitrogens with one attached hydrogen (secondary N) is 1. The van der Waals surface area contributed by atoms with E-state index in [9.17, 15) is 4.39 Å². The van der Waals surface area contributed by atoms with Crippen LogP contribution in [-0.2, 0) is 6.42 Å². The summed E-state index contributed by atoms with van der Waals surface area (Å²) in [6.07, 6.45) is 0.0361. The van der Waals surface area contributed by atoms with Crippen LogP contribution in [0, 0.1) is 5.82 Å². The molecule has 3 N–H and O–H groups in total. The Bertz CT molecular complexity index is 302. The Morgan fingerprint density at radius 3 is 2.50 bits per heavy atom. The minimum Gasteiger partial charge on any atom is -0.394 e. The molecule has 0 heterocycles. The van der Waals surface area contributed by atoms with Gasteiger partial charge in [0, 0.05) is 12.6 Å². The van der Waals surface area contributed by atoms with Crippen LogP contribution in [0.4, 0.5) is 4.39 Å². The highest BCUT2D eigenvalue weighted by molar-refractivity contribution is 5.16. The van der Waals surface area contributed by atoms with Crippen molar-refractivity contribution < 1.29 is 14.6 Å². The Balaban J connectivity index is 2.33. The summed E-state index contributed by atoms with van der Waals surface area (Å²) in [6.45, 7) is 2.10. The molecule has 0 aliphatic carbocycles. The van der Waals surface area contributed by atoms with E-state index in [1.54, 1.807) is 12.1 Å². The molecule has 4 heteroatoms. The van der Waals surface area contributed by atoms with Crippen molar-refractivity contribution in [3.05, 3.63) is 35.6 Å². The molecule has 0 amide bonds. The van der Waals surface area contributed by atoms with Gasteiger partial charge in [0.05, 0.1) is 12.7 Å². The minimum atomic E-state index is -0.726. The molecule has 90 valence electrons. The Kier molecular flexibility index (Phi) is 5.38. The summed E-state index contributed by atoms with van der Waals surface area (Å²) in [5, 5.41) is 20.9. The van der Waals surface area contributed by atoms with Crippen LogP contribution in [-0.4, -0.2) is 35.5 Å². The topological polar surface area (TPSA) is 52.5 Å². The third-order valence-electron chi connectivity index (χ3n) is 2.37. The fourth-order valence-corrected chi connectivity index (χ4v) is 1.45. The Morgan fingerprint density at radius 1 is 1.31 bits per heavy atom. The Hall–Kier alpha value is -0.970. The van der Waals surface area contributed by atoms with Crippen molar-refractivity contribution >= 4 is 0 Å². The lowest BCUT2D eigenvalue weighted by atomic mass is 10.1. The number of halogens is 1. The number of benzene rings is 1. The first-order chi connectivity index (χ1) is 7.61. The van der Waals surface area contributed by atoms with Crippen LogP contribution in [0.25, 0.3) is 0 Å². The fraction of sp³-hybridized carbons (Fsp3) is 0.500. The van der Waals surface area contributed by atoms with E-state index in [2.05, 4.69) is 5.32 Å². The number of aliphatic hydroxyl groups excluding tert-OH is 2. The van der Waals surface area contributed by atoms with E-state index in [1.165, 1.54) is 12.1 Å². The molecular formula is C12H18FNO2. The smallest absolute Gasteiger partial charge is 0.123 e. The third kappa shape index (κ3) is 4.70. The zero-order valence-electron chi connectivity index (χ0n) is 9.36. The van der Waals surface area contributed by atoms with E-state index < -0.39 is 6.10 Å². The molecule has 0 saturated carbocycles. The second kappa shape index (κ2) is 6.58. The predicted octanol–water partition coefficient (Wildman–Crippen LogP) is 0.700. The standard InChI is InChI=1S/C12H18FNO2/c1-9(14-7-12(16)8-15)6-10-2-4-11(13)5-3-10/h2-5,9,12,14-16H,6-8H2,1H3/t9?,12-/m0/s1. The molecule has 0 fully saturated rings. The van der Waals surface area contributed by atoms with Crippen molar-refractivity contribution in [1.29, 1.82) is 0 Å². The van der Waals surface area contributed by atoms with Crippen LogP contribution in [0.1, 0.15) is 12.5 Å². The molecule has 0 aromatic heterocycles. The average molecular weight is 227 g/mol. The molecular weight excluding hydrogens is 209 g/mol. The zero-order valence-corrected chi connectivity index (χ0v) is 9.36. The van der Waals surface area contributed by atoms with Crippen LogP contribution in [0.5, 0.6) is 0 Å². The summed E-state index contributed by atoms with van der Waals surface area (Å²) in [5.41, 5.74) is 1.04. The van der Waals surface area contributed by atoms with E-state index in [0.29, 0.717) is 6.54 Å². The molecule has 0 spiro atoms. The van der Waals surface area contributed by atoms with Gasteiger partial charge in [0.15, 0.2) is 0 Å². The highest BCUT2D eigenvalue weighted by atomic mass is 19.1. The van der Waals surface area contributed by atoms with Crippen molar-refractivity contribution in [3.8, 4) is 0 Å². The number of hydrogen-bond acceptors (Lipinski definition) is 3. The number of hydrogen-bond donors (Lipinski definition) is 3. The molecule has 1 aromatic carbocycles.